The third-order valence-corrected chi connectivity index (χ3v) is 4.97. The third-order valence-electron chi connectivity index (χ3n) is 3.76. The van der Waals surface area contributed by atoms with Crippen LogP contribution < -0.4 is 4.90 Å². The van der Waals surface area contributed by atoms with Crippen molar-refractivity contribution < 1.29 is 4.79 Å². The van der Waals surface area contributed by atoms with Gasteiger partial charge in [0.15, 0.2) is 0 Å². The molecule has 1 heterocycles. The molecule has 3 rings (SSSR count). The highest BCUT2D eigenvalue weighted by atomic mass is 79.9. The second-order valence-electron chi connectivity index (χ2n) is 5.48. The van der Waals surface area contributed by atoms with Gasteiger partial charge in [0.25, 0.3) is 5.91 Å². The summed E-state index contributed by atoms with van der Waals surface area (Å²) in [6.45, 7) is 2.92. The van der Waals surface area contributed by atoms with Crippen LogP contribution in [0.4, 0.5) is 5.69 Å². The van der Waals surface area contributed by atoms with Crippen LogP contribution in [0.25, 0.3) is 0 Å². The van der Waals surface area contributed by atoms with E-state index >= 15 is 0 Å². The lowest BCUT2D eigenvalue weighted by Gasteiger charge is -2.33. The highest BCUT2D eigenvalue weighted by Crippen LogP contribution is 2.31. The van der Waals surface area contributed by atoms with Crippen LogP contribution in [-0.2, 0) is 6.42 Å². The summed E-state index contributed by atoms with van der Waals surface area (Å²) in [7, 11) is 0. The molecule has 0 aliphatic carbocycles. The summed E-state index contributed by atoms with van der Waals surface area (Å²) in [5, 5.41) is 0.610. The zero-order chi connectivity index (χ0) is 15.0. The number of carbonyl (C=O) groups excluding carboxylic acids is 1. The van der Waals surface area contributed by atoms with E-state index in [0.29, 0.717) is 16.5 Å². The molecule has 2 aromatic rings. The Morgan fingerprint density at radius 2 is 2.05 bits per heavy atom. The van der Waals surface area contributed by atoms with Crippen molar-refractivity contribution in [2.24, 2.45) is 5.92 Å². The molecule has 1 atom stereocenters. The number of nitrogens with zero attached hydrogens (tertiary/aromatic N) is 1. The normalized spacial score (nSPS) is 17.5. The second kappa shape index (κ2) is 5.82. The molecule has 2 nitrogen and oxygen atoms in total. The van der Waals surface area contributed by atoms with Gasteiger partial charge in [-0.3, -0.25) is 4.79 Å². The molecule has 1 aliphatic rings. The minimum Gasteiger partial charge on any atom is -0.308 e. The first-order chi connectivity index (χ1) is 10.1. The number of hydrogen-bond acceptors (Lipinski definition) is 1. The van der Waals surface area contributed by atoms with E-state index in [1.54, 1.807) is 18.2 Å². The SMILES string of the molecule is CC1Cc2ccccc2N(C(=O)c2ccc(Cl)c(Br)c2)C1. The fourth-order valence-corrected chi connectivity index (χ4v) is 3.27. The summed E-state index contributed by atoms with van der Waals surface area (Å²) in [5.74, 6) is 0.478. The van der Waals surface area contributed by atoms with Crippen LogP contribution in [0.5, 0.6) is 0 Å². The first kappa shape index (κ1) is 14.6. The molecule has 0 bridgehead atoms. The van der Waals surface area contributed by atoms with E-state index < -0.39 is 0 Å². The van der Waals surface area contributed by atoms with Gasteiger partial charge in [0.2, 0.25) is 0 Å². The number of anilines is 1. The lowest BCUT2D eigenvalue weighted by atomic mass is 9.93. The summed E-state index contributed by atoms with van der Waals surface area (Å²) >= 11 is 9.38. The highest BCUT2D eigenvalue weighted by molar-refractivity contribution is 9.10. The summed E-state index contributed by atoms with van der Waals surface area (Å²) in [6, 6.07) is 13.4. The van der Waals surface area contributed by atoms with Crippen molar-refractivity contribution >= 4 is 39.1 Å². The molecule has 1 aliphatic heterocycles. The quantitative estimate of drug-likeness (QED) is 0.701. The number of fused-ring (bicyclic) bond motifs is 1. The fraction of sp³-hybridized carbons (Fsp3) is 0.235. The van der Waals surface area contributed by atoms with Gasteiger partial charge in [-0.25, -0.2) is 0 Å². The number of carbonyl (C=O) groups is 1. The molecule has 0 radical (unpaired) electrons. The summed E-state index contributed by atoms with van der Waals surface area (Å²) in [4.78, 5) is 14.7. The lowest BCUT2D eigenvalue weighted by molar-refractivity contribution is 0.0981. The minimum atomic E-state index is 0.0198. The zero-order valence-corrected chi connectivity index (χ0v) is 14.0. The van der Waals surface area contributed by atoms with E-state index in [9.17, 15) is 4.79 Å². The average molecular weight is 365 g/mol. The Balaban J connectivity index is 1.99. The van der Waals surface area contributed by atoms with E-state index in [2.05, 4.69) is 28.9 Å². The standard InChI is InChI=1S/C17H15BrClNO/c1-11-8-12-4-2-3-5-16(12)20(10-11)17(21)13-6-7-15(19)14(18)9-13/h2-7,9,11H,8,10H2,1H3. The van der Waals surface area contributed by atoms with Crippen LogP contribution in [0, 0.1) is 5.92 Å². The van der Waals surface area contributed by atoms with E-state index in [-0.39, 0.29) is 5.91 Å². The molecule has 4 heteroatoms. The fourth-order valence-electron chi connectivity index (χ4n) is 2.77. The molecule has 0 N–H and O–H groups in total. The molecule has 0 aromatic heterocycles. The van der Waals surface area contributed by atoms with Gasteiger partial charge >= 0.3 is 0 Å². The van der Waals surface area contributed by atoms with Gasteiger partial charge in [0.1, 0.15) is 0 Å². The summed E-state index contributed by atoms with van der Waals surface area (Å²) in [6.07, 6.45) is 1.02. The molecule has 2 aromatic carbocycles. The predicted molar refractivity (Wildman–Crippen MR) is 90.1 cm³/mol. The average Bonchev–Trinajstić information content (AvgIpc) is 2.48. The number of benzene rings is 2. The number of halogens is 2. The van der Waals surface area contributed by atoms with Gasteiger partial charge in [-0.05, 0) is 58.1 Å². The van der Waals surface area contributed by atoms with Gasteiger partial charge < -0.3 is 4.90 Å². The molecule has 0 saturated heterocycles. The molecule has 0 fully saturated rings. The Labute approximate surface area is 137 Å². The van der Waals surface area contributed by atoms with Crippen molar-refractivity contribution in [3.05, 3.63) is 63.1 Å². The van der Waals surface area contributed by atoms with Gasteiger partial charge in [0, 0.05) is 22.3 Å². The van der Waals surface area contributed by atoms with Crippen molar-refractivity contribution in [1.29, 1.82) is 0 Å². The first-order valence-corrected chi connectivity index (χ1v) is 8.08. The highest BCUT2D eigenvalue weighted by Gasteiger charge is 2.27. The maximum atomic E-state index is 12.8. The number of para-hydroxylation sites is 1. The number of hydrogen-bond donors (Lipinski definition) is 0. The van der Waals surface area contributed by atoms with Crippen LogP contribution in [0.1, 0.15) is 22.8 Å². The molecule has 108 valence electrons. The van der Waals surface area contributed by atoms with Gasteiger partial charge in [-0.1, -0.05) is 36.7 Å². The van der Waals surface area contributed by atoms with Crippen molar-refractivity contribution in [1.82, 2.24) is 0 Å². The molecular formula is C17H15BrClNO. The Kier molecular flexibility index (Phi) is 4.05. The van der Waals surface area contributed by atoms with Crippen LogP contribution in [0.2, 0.25) is 5.02 Å². The van der Waals surface area contributed by atoms with Crippen molar-refractivity contribution in [3.63, 3.8) is 0 Å². The van der Waals surface area contributed by atoms with Gasteiger partial charge in [-0.2, -0.15) is 0 Å². The molecular weight excluding hydrogens is 350 g/mol. The Bertz CT molecular complexity index is 701. The first-order valence-electron chi connectivity index (χ1n) is 6.91. The van der Waals surface area contributed by atoms with Gasteiger partial charge in [-0.15, -0.1) is 0 Å². The largest absolute Gasteiger partial charge is 0.308 e. The van der Waals surface area contributed by atoms with Crippen LogP contribution in [-0.4, -0.2) is 12.5 Å². The molecule has 0 spiro atoms. The van der Waals surface area contributed by atoms with Crippen molar-refractivity contribution in [2.45, 2.75) is 13.3 Å². The van der Waals surface area contributed by atoms with Crippen LogP contribution >= 0.6 is 27.5 Å². The Morgan fingerprint density at radius 1 is 1.29 bits per heavy atom. The van der Waals surface area contributed by atoms with Crippen LogP contribution in [0.15, 0.2) is 46.9 Å². The third kappa shape index (κ3) is 2.85. The predicted octanol–water partition coefficient (Wildman–Crippen LogP) is 4.94. The maximum Gasteiger partial charge on any atom is 0.258 e. The molecule has 21 heavy (non-hydrogen) atoms. The maximum absolute atomic E-state index is 12.8. The minimum absolute atomic E-state index is 0.0198. The Morgan fingerprint density at radius 3 is 2.81 bits per heavy atom. The molecule has 0 saturated carbocycles. The van der Waals surface area contributed by atoms with Crippen molar-refractivity contribution in [3.8, 4) is 0 Å². The Hall–Kier alpha value is -1.32. The van der Waals surface area contributed by atoms with E-state index in [0.717, 1.165) is 23.1 Å². The monoisotopic (exact) mass is 363 g/mol. The second-order valence-corrected chi connectivity index (χ2v) is 6.74. The summed E-state index contributed by atoms with van der Waals surface area (Å²) < 4.78 is 0.744. The lowest BCUT2D eigenvalue weighted by Crippen LogP contribution is -2.39. The zero-order valence-electron chi connectivity index (χ0n) is 11.6. The summed E-state index contributed by atoms with van der Waals surface area (Å²) in [5.41, 5.74) is 2.90. The van der Waals surface area contributed by atoms with E-state index in [1.165, 1.54) is 5.56 Å². The van der Waals surface area contributed by atoms with Crippen LogP contribution in [0.3, 0.4) is 0 Å². The molecule has 1 unspecified atom stereocenters. The number of rotatable bonds is 1. The van der Waals surface area contributed by atoms with Crippen molar-refractivity contribution in [2.75, 3.05) is 11.4 Å². The number of amides is 1. The van der Waals surface area contributed by atoms with E-state index in [1.807, 2.05) is 23.1 Å². The van der Waals surface area contributed by atoms with Gasteiger partial charge in [0.05, 0.1) is 5.02 Å². The van der Waals surface area contributed by atoms with E-state index in [4.69, 9.17) is 11.6 Å². The topological polar surface area (TPSA) is 20.3 Å². The molecule has 1 amide bonds. The smallest absolute Gasteiger partial charge is 0.258 e.